The van der Waals surface area contributed by atoms with Gasteiger partial charge in [0, 0.05) is 12.3 Å². The summed E-state index contributed by atoms with van der Waals surface area (Å²) in [7, 11) is 0. The number of aromatic nitrogens is 1. The van der Waals surface area contributed by atoms with Crippen LogP contribution in [0, 0.1) is 6.92 Å². The van der Waals surface area contributed by atoms with Crippen molar-refractivity contribution in [2.75, 3.05) is 6.61 Å². The number of carbonyl (C=O) groups excluding carboxylic acids is 2. The van der Waals surface area contributed by atoms with Crippen LogP contribution in [0.3, 0.4) is 0 Å². The quantitative estimate of drug-likeness (QED) is 0.766. The molecular formula is C17H19N3O4. The van der Waals surface area contributed by atoms with Crippen molar-refractivity contribution in [3.05, 3.63) is 64.6 Å². The monoisotopic (exact) mass is 329 g/mol. The largest absolute Gasteiger partial charge is 0.493 e. The molecule has 2 N–H and O–H groups in total. The summed E-state index contributed by atoms with van der Waals surface area (Å²) in [5.74, 6) is -0.187. The first-order valence-corrected chi connectivity index (χ1v) is 7.47. The van der Waals surface area contributed by atoms with Crippen LogP contribution in [0.1, 0.15) is 12.0 Å². The van der Waals surface area contributed by atoms with Crippen molar-refractivity contribution < 1.29 is 14.3 Å². The number of hydrazine groups is 1. The van der Waals surface area contributed by atoms with Crippen molar-refractivity contribution in [1.82, 2.24) is 15.4 Å². The fourth-order valence-corrected chi connectivity index (χ4v) is 1.88. The summed E-state index contributed by atoms with van der Waals surface area (Å²) in [6, 6.07) is 12.1. The van der Waals surface area contributed by atoms with E-state index in [0.717, 1.165) is 5.56 Å². The fraction of sp³-hybridized carbons (Fsp3) is 0.235. The maximum absolute atomic E-state index is 11.7. The predicted molar refractivity (Wildman–Crippen MR) is 88.3 cm³/mol. The van der Waals surface area contributed by atoms with E-state index in [1.807, 2.05) is 31.2 Å². The van der Waals surface area contributed by atoms with Gasteiger partial charge < -0.3 is 9.30 Å². The van der Waals surface area contributed by atoms with Gasteiger partial charge in [0.2, 0.25) is 5.91 Å². The van der Waals surface area contributed by atoms with Crippen molar-refractivity contribution in [2.24, 2.45) is 0 Å². The molecule has 0 bridgehead atoms. The van der Waals surface area contributed by atoms with Gasteiger partial charge in [-0.2, -0.15) is 0 Å². The molecule has 0 fully saturated rings. The van der Waals surface area contributed by atoms with Gasteiger partial charge in [-0.3, -0.25) is 25.2 Å². The van der Waals surface area contributed by atoms with Gasteiger partial charge in [-0.05, 0) is 25.1 Å². The summed E-state index contributed by atoms with van der Waals surface area (Å²) < 4.78 is 6.67. The molecule has 0 spiro atoms. The molecule has 24 heavy (non-hydrogen) atoms. The van der Waals surface area contributed by atoms with Crippen LogP contribution in [0.2, 0.25) is 0 Å². The molecule has 0 saturated carbocycles. The van der Waals surface area contributed by atoms with Crippen molar-refractivity contribution in [2.45, 2.75) is 19.9 Å². The maximum atomic E-state index is 11.7. The highest BCUT2D eigenvalue weighted by Crippen LogP contribution is 2.11. The molecule has 7 nitrogen and oxygen atoms in total. The van der Waals surface area contributed by atoms with E-state index in [4.69, 9.17) is 4.74 Å². The molecule has 0 aliphatic heterocycles. The Morgan fingerprint density at radius 3 is 2.46 bits per heavy atom. The normalized spacial score (nSPS) is 10.0. The minimum absolute atomic E-state index is 0.0967. The second kappa shape index (κ2) is 8.52. The van der Waals surface area contributed by atoms with Gasteiger partial charge >= 0.3 is 0 Å². The molecule has 2 rings (SSSR count). The van der Waals surface area contributed by atoms with Crippen LogP contribution in [0.25, 0.3) is 0 Å². The third kappa shape index (κ3) is 5.60. The second-order valence-corrected chi connectivity index (χ2v) is 5.17. The molecule has 126 valence electrons. The van der Waals surface area contributed by atoms with Crippen molar-refractivity contribution in [3.8, 4) is 5.75 Å². The van der Waals surface area contributed by atoms with Crippen molar-refractivity contribution in [3.63, 3.8) is 0 Å². The Balaban J connectivity index is 1.67. The lowest BCUT2D eigenvalue weighted by Gasteiger charge is -2.09. The molecule has 7 heteroatoms. The number of carbonyl (C=O) groups is 2. The van der Waals surface area contributed by atoms with Crippen LogP contribution in [0.4, 0.5) is 0 Å². The zero-order valence-corrected chi connectivity index (χ0v) is 13.3. The lowest BCUT2D eigenvalue weighted by Crippen LogP contribution is -2.44. The number of aryl methyl sites for hydroxylation is 1. The molecule has 0 saturated heterocycles. The minimum Gasteiger partial charge on any atom is -0.493 e. The molecule has 0 atom stereocenters. The van der Waals surface area contributed by atoms with Crippen molar-refractivity contribution >= 4 is 11.8 Å². The van der Waals surface area contributed by atoms with Crippen LogP contribution in [0.5, 0.6) is 5.75 Å². The molecule has 1 heterocycles. The highest BCUT2D eigenvalue weighted by Gasteiger charge is 2.06. The lowest BCUT2D eigenvalue weighted by molar-refractivity contribution is -0.129. The van der Waals surface area contributed by atoms with E-state index >= 15 is 0 Å². The summed E-state index contributed by atoms with van der Waals surface area (Å²) in [5, 5.41) is 0. The SMILES string of the molecule is Cc1ccc(OCCC(=O)NNC(=O)Cn2ccccc2=O)cc1. The Kier molecular flexibility index (Phi) is 6.13. The zero-order chi connectivity index (χ0) is 17.4. The number of rotatable bonds is 6. The summed E-state index contributed by atoms with van der Waals surface area (Å²) in [5.41, 5.74) is 5.38. The van der Waals surface area contributed by atoms with E-state index in [1.54, 1.807) is 12.1 Å². The van der Waals surface area contributed by atoms with Gasteiger partial charge in [-0.15, -0.1) is 0 Å². The van der Waals surface area contributed by atoms with E-state index in [2.05, 4.69) is 10.9 Å². The third-order valence-electron chi connectivity index (χ3n) is 3.17. The first-order chi connectivity index (χ1) is 11.5. The topological polar surface area (TPSA) is 89.4 Å². The van der Waals surface area contributed by atoms with Gasteiger partial charge in [0.05, 0.1) is 13.0 Å². The number of ether oxygens (including phenoxy) is 1. The smallest absolute Gasteiger partial charge is 0.258 e. The second-order valence-electron chi connectivity index (χ2n) is 5.17. The van der Waals surface area contributed by atoms with Crippen LogP contribution in [-0.2, 0) is 16.1 Å². The number of amides is 2. The highest BCUT2D eigenvalue weighted by molar-refractivity contribution is 5.81. The molecule has 1 aromatic carbocycles. The van der Waals surface area contributed by atoms with E-state index in [9.17, 15) is 14.4 Å². The lowest BCUT2D eigenvalue weighted by atomic mass is 10.2. The number of benzene rings is 1. The number of hydrogen-bond acceptors (Lipinski definition) is 4. The summed E-state index contributed by atoms with van der Waals surface area (Å²) in [6.07, 6.45) is 1.60. The van der Waals surface area contributed by atoms with Gasteiger partial charge in [-0.1, -0.05) is 23.8 Å². The number of pyridine rings is 1. The summed E-state index contributed by atoms with van der Waals surface area (Å²) in [4.78, 5) is 34.8. The van der Waals surface area contributed by atoms with Crippen molar-refractivity contribution in [1.29, 1.82) is 0 Å². The van der Waals surface area contributed by atoms with Crippen LogP contribution >= 0.6 is 0 Å². The minimum atomic E-state index is -0.490. The maximum Gasteiger partial charge on any atom is 0.258 e. The van der Waals surface area contributed by atoms with Gasteiger partial charge in [0.15, 0.2) is 0 Å². The number of nitrogens with one attached hydrogen (secondary N) is 2. The summed E-state index contributed by atoms with van der Waals surface area (Å²) in [6.45, 7) is 2.01. The average molecular weight is 329 g/mol. The molecule has 0 aliphatic carbocycles. The Morgan fingerprint density at radius 2 is 1.75 bits per heavy atom. The molecule has 1 aromatic heterocycles. The van der Waals surface area contributed by atoms with Crippen LogP contribution in [-0.4, -0.2) is 23.0 Å². The molecule has 0 aliphatic rings. The number of nitrogens with zero attached hydrogens (tertiary/aromatic N) is 1. The first kappa shape index (κ1) is 17.3. The Labute approximate surface area is 139 Å². The van der Waals surface area contributed by atoms with Gasteiger partial charge in [0.1, 0.15) is 12.3 Å². The van der Waals surface area contributed by atoms with E-state index in [-0.39, 0.29) is 31.0 Å². The Morgan fingerprint density at radius 1 is 1.04 bits per heavy atom. The summed E-state index contributed by atoms with van der Waals surface area (Å²) >= 11 is 0. The third-order valence-corrected chi connectivity index (χ3v) is 3.17. The first-order valence-electron chi connectivity index (χ1n) is 7.47. The van der Waals surface area contributed by atoms with E-state index in [1.165, 1.54) is 16.8 Å². The van der Waals surface area contributed by atoms with Crippen LogP contribution in [0.15, 0.2) is 53.5 Å². The van der Waals surface area contributed by atoms with E-state index in [0.29, 0.717) is 5.75 Å². The zero-order valence-electron chi connectivity index (χ0n) is 13.3. The fourth-order valence-electron chi connectivity index (χ4n) is 1.88. The molecule has 2 amide bonds. The molecular weight excluding hydrogens is 310 g/mol. The number of hydrogen-bond donors (Lipinski definition) is 2. The average Bonchev–Trinajstić information content (AvgIpc) is 2.57. The van der Waals surface area contributed by atoms with Gasteiger partial charge in [-0.25, -0.2) is 0 Å². The standard InChI is InChI=1S/C17H19N3O4/c1-13-5-7-14(8-6-13)24-11-9-15(21)18-19-16(22)12-20-10-3-2-4-17(20)23/h2-8,10H,9,11-12H2,1H3,(H,18,21)(H,19,22). The van der Waals surface area contributed by atoms with Crippen LogP contribution < -0.4 is 21.1 Å². The Bertz CT molecular complexity index is 753. The molecule has 0 unspecified atom stereocenters. The molecule has 2 aromatic rings. The Hall–Kier alpha value is -3.09. The van der Waals surface area contributed by atoms with Gasteiger partial charge in [0.25, 0.3) is 11.5 Å². The highest BCUT2D eigenvalue weighted by atomic mass is 16.5. The molecule has 0 radical (unpaired) electrons. The predicted octanol–water partition coefficient (Wildman–Crippen LogP) is 0.773. The van der Waals surface area contributed by atoms with E-state index < -0.39 is 5.91 Å².